The average Bonchev–Trinajstić information content (AvgIpc) is 3.53. The molecule has 4 aliphatic rings. The average molecular weight is 493 g/mol. The van der Waals surface area contributed by atoms with Gasteiger partial charge in [0.1, 0.15) is 12.7 Å². The summed E-state index contributed by atoms with van der Waals surface area (Å²) in [5, 5.41) is 22.0. The number of hydrogen-bond donors (Lipinski definition) is 2. The van der Waals surface area contributed by atoms with Gasteiger partial charge >= 0.3 is 11.9 Å². The van der Waals surface area contributed by atoms with Crippen molar-refractivity contribution in [3.63, 3.8) is 0 Å². The predicted octanol–water partition coefficient (Wildman–Crippen LogP) is 2.29. The zero-order valence-electron chi connectivity index (χ0n) is 20.6. The first-order chi connectivity index (χ1) is 17.3. The number of β-amino-alcohol motifs (C(OH)–C–C–N with tert-alkyl or cyclic N) is 2. The van der Waals surface area contributed by atoms with E-state index in [-0.39, 0.29) is 24.6 Å². The second-order valence-corrected chi connectivity index (χ2v) is 10.7. The maximum atomic E-state index is 12.1. The molecular formula is C28H32N2O6. The number of nitrogens with zero attached hydrogens (tertiary/aromatic N) is 2. The smallest absolute Gasteiger partial charge is 0.338 e. The molecule has 190 valence electrons. The van der Waals surface area contributed by atoms with Crippen molar-refractivity contribution >= 4 is 11.9 Å². The van der Waals surface area contributed by atoms with Crippen LogP contribution in [0, 0.1) is 6.92 Å². The summed E-state index contributed by atoms with van der Waals surface area (Å²) in [5.74, 6) is -0.582. The number of likely N-dealkylation sites (tertiary alicyclic amines) is 2. The lowest BCUT2D eigenvalue weighted by molar-refractivity contribution is 0.0299. The third-order valence-electron chi connectivity index (χ3n) is 8.40. The molecule has 2 saturated heterocycles. The number of aliphatic hydroxyl groups is 2. The van der Waals surface area contributed by atoms with Gasteiger partial charge in [-0.2, -0.15) is 0 Å². The maximum absolute atomic E-state index is 12.1. The van der Waals surface area contributed by atoms with Crippen LogP contribution in [-0.4, -0.2) is 76.3 Å². The Kier molecular flexibility index (Phi) is 5.87. The van der Waals surface area contributed by atoms with E-state index >= 15 is 0 Å². The number of carbonyl (C=O) groups is 2. The quantitative estimate of drug-likeness (QED) is 0.593. The van der Waals surface area contributed by atoms with Crippen LogP contribution in [0.4, 0.5) is 0 Å². The van der Waals surface area contributed by atoms with Crippen LogP contribution in [0.3, 0.4) is 0 Å². The number of fused-ring (bicyclic) bond motifs is 4. The molecule has 36 heavy (non-hydrogen) atoms. The van der Waals surface area contributed by atoms with Gasteiger partial charge in [-0.25, -0.2) is 9.59 Å². The number of aliphatic hydroxyl groups excluding tert-OH is 2. The minimum Gasteiger partial charge on any atom is -0.459 e. The van der Waals surface area contributed by atoms with Crippen molar-refractivity contribution in [3.8, 4) is 0 Å². The SMILES string of the molecule is Cc1c(C(O)CN2C[C@H]3C[C@@H]2CN3CC(O)c2ccc3c(c2)C[C@H](C)OC3=O)ccc2c1COC2=O. The van der Waals surface area contributed by atoms with E-state index in [2.05, 4.69) is 9.80 Å². The maximum Gasteiger partial charge on any atom is 0.338 e. The molecule has 0 amide bonds. The Morgan fingerprint density at radius 3 is 2.39 bits per heavy atom. The lowest BCUT2D eigenvalue weighted by atomic mass is 9.95. The molecule has 2 fully saturated rings. The Hall–Kier alpha value is -2.78. The van der Waals surface area contributed by atoms with Gasteiger partial charge in [-0.3, -0.25) is 9.80 Å². The van der Waals surface area contributed by atoms with Crippen LogP contribution in [0.25, 0.3) is 0 Å². The topological polar surface area (TPSA) is 99.5 Å². The minimum atomic E-state index is -0.631. The molecule has 5 atom stereocenters. The van der Waals surface area contributed by atoms with Gasteiger partial charge in [0.25, 0.3) is 0 Å². The van der Waals surface area contributed by atoms with E-state index in [0.29, 0.717) is 42.7 Å². The Morgan fingerprint density at radius 2 is 1.67 bits per heavy atom. The number of ether oxygens (including phenoxy) is 2. The Labute approximate surface area is 210 Å². The van der Waals surface area contributed by atoms with E-state index < -0.39 is 12.2 Å². The molecule has 4 aliphatic heterocycles. The van der Waals surface area contributed by atoms with E-state index in [0.717, 1.165) is 47.3 Å². The lowest BCUT2D eigenvalue weighted by Gasteiger charge is -2.36. The normalized spacial score (nSPS) is 26.9. The van der Waals surface area contributed by atoms with Crippen molar-refractivity contribution in [2.24, 2.45) is 0 Å². The van der Waals surface area contributed by atoms with Crippen LogP contribution in [0.2, 0.25) is 0 Å². The van der Waals surface area contributed by atoms with E-state index in [9.17, 15) is 19.8 Å². The molecule has 8 nitrogen and oxygen atoms in total. The van der Waals surface area contributed by atoms with Crippen molar-refractivity contribution in [3.05, 3.63) is 69.3 Å². The first-order valence-electron chi connectivity index (χ1n) is 12.8. The molecule has 0 spiro atoms. The third kappa shape index (κ3) is 4.02. The molecule has 0 aromatic heterocycles. The Morgan fingerprint density at radius 1 is 0.972 bits per heavy atom. The van der Waals surface area contributed by atoms with Gasteiger partial charge in [0.15, 0.2) is 0 Å². The fourth-order valence-corrected chi connectivity index (χ4v) is 6.44. The number of benzene rings is 2. The summed E-state index contributed by atoms with van der Waals surface area (Å²) < 4.78 is 10.4. The van der Waals surface area contributed by atoms with Crippen LogP contribution in [-0.2, 0) is 22.5 Å². The third-order valence-corrected chi connectivity index (χ3v) is 8.40. The van der Waals surface area contributed by atoms with E-state index in [1.807, 2.05) is 32.0 Å². The molecule has 2 aromatic rings. The molecular weight excluding hydrogens is 460 g/mol. The number of carbonyl (C=O) groups excluding carboxylic acids is 2. The zero-order chi connectivity index (χ0) is 25.1. The highest BCUT2D eigenvalue weighted by molar-refractivity contribution is 5.94. The van der Waals surface area contributed by atoms with E-state index in [4.69, 9.17) is 9.47 Å². The number of rotatable bonds is 6. The van der Waals surface area contributed by atoms with Gasteiger partial charge in [0.05, 0.1) is 23.3 Å². The first kappa shape index (κ1) is 23.6. The summed E-state index contributed by atoms with van der Waals surface area (Å²) in [4.78, 5) is 28.6. The summed E-state index contributed by atoms with van der Waals surface area (Å²) in [6, 6.07) is 9.85. The van der Waals surface area contributed by atoms with Crippen molar-refractivity contribution in [1.82, 2.24) is 9.80 Å². The second kappa shape index (κ2) is 8.95. The number of piperazine rings is 1. The van der Waals surface area contributed by atoms with Crippen LogP contribution in [0.5, 0.6) is 0 Å². The minimum absolute atomic E-state index is 0.149. The van der Waals surface area contributed by atoms with E-state index in [1.165, 1.54) is 0 Å². The number of hydrogen-bond acceptors (Lipinski definition) is 8. The molecule has 0 aliphatic carbocycles. The highest BCUT2D eigenvalue weighted by atomic mass is 16.5. The largest absolute Gasteiger partial charge is 0.459 e. The second-order valence-electron chi connectivity index (χ2n) is 10.7. The van der Waals surface area contributed by atoms with Gasteiger partial charge < -0.3 is 19.7 Å². The van der Waals surface area contributed by atoms with Crippen molar-refractivity contribution in [2.75, 3.05) is 26.2 Å². The van der Waals surface area contributed by atoms with Gasteiger partial charge in [-0.05, 0) is 54.7 Å². The molecule has 8 heteroatoms. The summed E-state index contributed by atoms with van der Waals surface area (Å²) in [6.07, 6.45) is 0.290. The summed E-state index contributed by atoms with van der Waals surface area (Å²) in [7, 11) is 0. The fourth-order valence-electron chi connectivity index (χ4n) is 6.44. The molecule has 6 rings (SSSR count). The first-order valence-corrected chi connectivity index (χ1v) is 12.8. The summed E-state index contributed by atoms with van der Waals surface area (Å²) >= 11 is 0. The molecule has 0 saturated carbocycles. The van der Waals surface area contributed by atoms with Crippen LogP contribution >= 0.6 is 0 Å². The molecule has 2 aromatic carbocycles. The number of cyclic esters (lactones) is 2. The van der Waals surface area contributed by atoms with Crippen molar-refractivity contribution < 1.29 is 29.3 Å². The number of esters is 2. The summed E-state index contributed by atoms with van der Waals surface area (Å²) in [5.41, 5.74) is 5.65. The van der Waals surface area contributed by atoms with E-state index in [1.54, 1.807) is 12.1 Å². The Bertz CT molecular complexity index is 1230. The van der Waals surface area contributed by atoms with Crippen LogP contribution in [0.15, 0.2) is 30.3 Å². The van der Waals surface area contributed by atoms with Crippen LogP contribution < -0.4 is 0 Å². The molecule has 2 bridgehead atoms. The fraction of sp³-hybridized carbons (Fsp3) is 0.500. The van der Waals surface area contributed by atoms with Crippen molar-refractivity contribution in [2.45, 2.75) is 63.7 Å². The summed E-state index contributed by atoms with van der Waals surface area (Å²) in [6.45, 7) is 6.92. The molecule has 2 N–H and O–H groups in total. The van der Waals surface area contributed by atoms with Gasteiger partial charge in [0.2, 0.25) is 0 Å². The monoisotopic (exact) mass is 492 g/mol. The zero-order valence-corrected chi connectivity index (χ0v) is 20.6. The van der Waals surface area contributed by atoms with Gasteiger partial charge in [-0.1, -0.05) is 18.2 Å². The van der Waals surface area contributed by atoms with Gasteiger partial charge in [-0.15, -0.1) is 0 Å². The lowest BCUT2D eigenvalue weighted by Crippen LogP contribution is -2.48. The highest BCUT2D eigenvalue weighted by Crippen LogP contribution is 2.35. The molecule has 2 unspecified atom stereocenters. The highest BCUT2D eigenvalue weighted by Gasteiger charge is 2.44. The van der Waals surface area contributed by atoms with Crippen LogP contribution in [0.1, 0.15) is 74.1 Å². The predicted molar refractivity (Wildman–Crippen MR) is 131 cm³/mol. The molecule has 0 radical (unpaired) electrons. The molecule has 4 heterocycles. The Balaban J connectivity index is 1.07. The van der Waals surface area contributed by atoms with Crippen molar-refractivity contribution in [1.29, 1.82) is 0 Å². The van der Waals surface area contributed by atoms with Gasteiger partial charge in [0, 0.05) is 50.2 Å². The standard InChI is InChI=1S/C28H32N2O6/c1-15-7-18-8-17(3-4-22(18)28(34)36-15)25(31)12-29-10-20-9-19(29)11-30(20)13-26(32)21-5-6-23-24(16(21)2)14-35-27(23)33/h3-6,8,15,19-20,25-26,31-32H,7,9-14H2,1-2H3/t15-,19+,20+,25?,26?/m0/s1.